The van der Waals surface area contributed by atoms with Crippen molar-refractivity contribution >= 4 is 42.3 Å². The monoisotopic (exact) mass is 941 g/mol. The Labute approximate surface area is 347 Å². The van der Waals surface area contributed by atoms with Gasteiger partial charge in [0.15, 0.2) is 36.3 Å². The highest BCUT2D eigenvalue weighted by Crippen LogP contribution is 2.30. The minimum Gasteiger partial charge on any atom is -0.433 e. The van der Waals surface area contributed by atoms with Gasteiger partial charge in [0.05, 0.1) is 6.61 Å². The van der Waals surface area contributed by atoms with Crippen LogP contribution in [0.4, 0.5) is 44.3 Å². The van der Waals surface area contributed by atoms with Crippen molar-refractivity contribution in [3.63, 3.8) is 0 Å². The van der Waals surface area contributed by atoms with Gasteiger partial charge in [0, 0.05) is 15.8 Å². The SMILES string of the molecule is C.C.C.C.C.C.C.C.C.C.C.C.C=C[Si](C)(C)O[Si](C)(C=C)O[Si](C)(C)O[Si](C)(CCCOCC(OCF)C(F)(F)F)O[Si](C)(C)C=C.FCC(F)(F)F.FF. The predicted octanol–water partition coefficient (Wildman–Crippen LogP) is 16.8. The molecule has 0 aromatic rings. The van der Waals surface area contributed by atoms with Gasteiger partial charge in [-0.25, -0.2) is 8.78 Å². The molecule has 21 heteroatoms. The van der Waals surface area contributed by atoms with E-state index in [9.17, 15) is 35.1 Å². The Morgan fingerprint density at radius 2 is 0.929 bits per heavy atom. The summed E-state index contributed by atoms with van der Waals surface area (Å²) in [5.41, 5.74) is 5.37. The van der Waals surface area contributed by atoms with Gasteiger partial charge >= 0.3 is 38.0 Å². The Kier molecular flexibility index (Phi) is 78.8. The van der Waals surface area contributed by atoms with Crippen LogP contribution in [0.3, 0.4) is 0 Å². The maximum Gasteiger partial charge on any atom is 0.417 e. The zero-order valence-corrected chi connectivity index (χ0v) is 31.4. The minimum absolute atomic E-state index is 0. The fraction of sp³-hybridized carbons (Fsp3) is 0.829. The summed E-state index contributed by atoms with van der Waals surface area (Å²) in [6.45, 7) is 22.9. The Bertz CT molecular complexity index is 846. The third kappa shape index (κ3) is 51.4. The second-order valence-electron chi connectivity index (χ2n) is 11.0. The van der Waals surface area contributed by atoms with Crippen molar-refractivity contribution in [2.75, 3.05) is 26.7 Å². The molecule has 56 heavy (non-hydrogen) atoms. The fourth-order valence-corrected chi connectivity index (χ4v) is 24.7. The number of ether oxygens (including phenoxy) is 2. The predicted molar refractivity (Wildman–Crippen MR) is 243 cm³/mol. The van der Waals surface area contributed by atoms with Crippen LogP contribution >= 0.6 is 0 Å². The molecule has 6 nitrogen and oxygen atoms in total. The van der Waals surface area contributed by atoms with Crippen molar-refractivity contribution in [3.8, 4) is 0 Å². The number of hydrogen-bond donors (Lipinski definition) is 0. The van der Waals surface area contributed by atoms with Crippen LogP contribution in [0.25, 0.3) is 0 Å². The van der Waals surface area contributed by atoms with Crippen molar-refractivity contribution in [1.29, 1.82) is 0 Å². The third-order valence-corrected chi connectivity index (χ3v) is 24.0. The lowest BCUT2D eigenvalue weighted by Gasteiger charge is -2.43. The van der Waals surface area contributed by atoms with Crippen molar-refractivity contribution in [2.24, 2.45) is 0 Å². The topological polar surface area (TPSA) is 55.4 Å². The molecule has 0 aromatic heterocycles. The number of rotatable bonds is 19. The van der Waals surface area contributed by atoms with E-state index in [1.165, 1.54) is 0 Å². The number of hydrogen-bond acceptors (Lipinski definition) is 6. The lowest BCUT2D eigenvalue weighted by Crippen LogP contribution is -2.59. The lowest BCUT2D eigenvalue weighted by atomic mass is 10.3. The summed E-state index contributed by atoms with van der Waals surface area (Å²) in [6.07, 6.45) is -11.3. The summed E-state index contributed by atoms with van der Waals surface area (Å²) in [7, 11) is -12.9. The van der Waals surface area contributed by atoms with Gasteiger partial charge < -0.3 is 25.9 Å². The highest BCUT2D eigenvalue weighted by atomic mass is 28.5. The molecule has 0 rings (SSSR count). The van der Waals surface area contributed by atoms with Gasteiger partial charge in [-0.1, -0.05) is 106 Å². The number of halogens is 10. The summed E-state index contributed by atoms with van der Waals surface area (Å²) in [6, 6.07) is 0.456. The third-order valence-electron chi connectivity index (χ3n) is 5.18. The molecular formula is C35H94F10O6Si5. The molecule has 0 aliphatic carbocycles. The minimum atomic E-state index is -4.71. The molecule has 0 bridgehead atoms. The van der Waals surface area contributed by atoms with Gasteiger partial charge in [-0.15, -0.1) is 19.7 Å². The largest absolute Gasteiger partial charge is 0.433 e. The van der Waals surface area contributed by atoms with E-state index in [-0.39, 0.29) is 95.7 Å². The first-order valence-electron chi connectivity index (χ1n) is 13.0. The second kappa shape index (κ2) is 43.9. The molecule has 0 spiro atoms. The van der Waals surface area contributed by atoms with E-state index in [1.54, 1.807) is 11.4 Å². The van der Waals surface area contributed by atoms with Crippen molar-refractivity contribution in [1.82, 2.24) is 0 Å². The molecular weight excluding hydrogens is 847 g/mol. The average Bonchev–Trinajstić information content (AvgIpc) is 2.87. The molecule has 0 saturated carbocycles. The first-order valence-corrected chi connectivity index (χ1v) is 26.7. The van der Waals surface area contributed by atoms with Crippen LogP contribution in [-0.2, 0) is 25.9 Å². The van der Waals surface area contributed by atoms with Crippen molar-refractivity contribution in [3.05, 3.63) is 36.8 Å². The normalized spacial score (nSPS) is 12.8. The Morgan fingerprint density at radius 1 is 0.571 bits per heavy atom. The first kappa shape index (κ1) is 100. The van der Waals surface area contributed by atoms with E-state index in [1.807, 2.05) is 58.1 Å². The van der Waals surface area contributed by atoms with E-state index >= 15 is 0 Å². The summed E-state index contributed by atoms with van der Waals surface area (Å²) in [5.74, 6) is 0. The standard InChI is InChI=1S/C21H44F4O6Si5.C2H2F4.12CH4.F2/c1-12-32(4,5)28-35(10,14-3)30-34(8,9)31-36(11,29-33(6,7)13-2)17-15-16-26-18-20(27-19-22)21(23,24)25;3-1-2(4,5)6;;;;;;;;;;;;;1-2/h12-14,20H,1-3,15-19H2,4-11H3;1H2;12*1H4;. The maximum atomic E-state index is 12.9. The van der Waals surface area contributed by atoms with Crippen LogP contribution < -0.4 is 0 Å². The van der Waals surface area contributed by atoms with Gasteiger partial charge in [0.25, 0.3) is 0 Å². The molecule has 0 fully saturated rings. The van der Waals surface area contributed by atoms with Crippen LogP contribution in [0.5, 0.6) is 0 Å². The van der Waals surface area contributed by atoms with Gasteiger partial charge in [-0.05, 0) is 64.8 Å². The molecule has 0 amide bonds. The highest BCUT2D eigenvalue weighted by Gasteiger charge is 2.48. The smallest absolute Gasteiger partial charge is 0.417 e. The molecule has 0 N–H and O–H groups in total. The van der Waals surface area contributed by atoms with Gasteiger partial charge in [0.2, 0.25) is 0 Å². The van der Waals surface area contributed by atoms with Crippen LogP contribution in [0.2, 0.25) is 58.4 Å². The lowest BCUT2D eigenvalue weighted by molar-refractivity contribution is -0.242. The summed E-state index contributed by atoms with van der Waals surface area (Å²) >= 11 is 0. The van der Waals surface area contributed by atoms with E-state index in [2.05, 4.69) is 24.5 Å². The quantitative estimate of drug-likeness (QED) is 0.0731. The van der Waals surface area contributed by atoms with E-state index in [0.29, 0.717) is 12.5 Å². The molecule has 0 aliphatic rings. The number of alkyl halides is 8. The Morgan fingerprint density at radius 3 is 1.21 bits per heavy atom. The maximum absolute atomic E-state index is 12.9. The Balaban J connectivity index is -0.0000000589. The molecule has 0 radical (unpaired) electrons. The van der Waals surface area contributed by atoms with Crippen LogP contribution in [0.1, 0.15) is 95.5 Å². The molecule has 0 aliphatic heterocycles. The van der Waals surface area contributed by atoms with E-state index in [0.717, 1.165) is 0 Å². The van der Waals surface area contributed by atoms with Gasteiger partial charge in [-0.3, -0.25) is 0 Å². The van der Waals surface area contributed by atoms with Crippen LogP contribution in [0.15, 0.2) is 36.8 Å². The molecule has 0 saturated heterocycles. The van der Waals surface area contributed by atoms with Crippen molar-refractivity contribution in [2.45, 2.75) is 172 Å². The zero-order chi connectivity index (χ0) is 35.7. The van der Waals surface area contributed by atoms with E-state index in [4.69, 9.17) is 30.3 Å². The average molecular weight is 942 g/mol. The summed E-state index contributed by atoms with van der Waals surface area (Å²) in [5, 5.41) is 0. The summed E-state index contributed by atoms with van der Waals surface area (Å²) < 4.78 is 144. The van der Waals surface area contributed by atoms with E-state index < -0.39 is 80.9 Å². The first-order chi connectivity index (χ1) is 19.7. The van der Waals surface area contributed by atoms with Gasteiger partial charge in [-0.2, -0.15) is 26.3 Å². The highest BCUT2D eigenvalue weighted by molar-refractivity contribution is 6.93. The van der Waals surface area contributed by atoms with Gasteiger partial charge in [0.1, 0.15) is 0 Å². The van der Waals surface area contributed by atoms with Crippen molar-refractivity contribution < 1.29 is 70.2 Å². The summed E-state index contributed by atoms with van der Waals surface area (Å²) in [4.78, 5) is 0. The molecule has 0 aromatic carbocycles. The van der Waals surface area contributed by atoms with Crippen LogP contribution in [0, 0.1) is 0 Å². The molecule has 360 valence electrons. The molecule has 0 heterocycles. The molecule has 3 atom stereocenters. The fourth-order valence-electron chi connectivity index (χ4n) is 3.42. The zero-order valence-electron chi connectivity index (χ0n) is 26.4. The molecule has 3 unspecified atom stereocenters. The Hall–Kier alpha value is -0.636. The van der Waals surface area contributed by atoms with Crippen LogP contribution in [-0.4, -0.2) is 87.5 Å². The second-order valence-corrected chi connectivity index (χ2v) is 29.5.